The predicted octanol–water partition coefficient (Wildman–Crippen LogP) is 2.87. The Morgan fingerprint density at radius 3 is 2.91 bits per heavy atom. The van der Waals surface area contributed by atoms with E-state index in [4.69, 9.17) is 26.6 Å². The Balaban J connectivity index is 1.78. The Kier molecular flexibility index (Phi) is 2.80. The number of nitrogens with two attached hydrogens (primary N) is 1. The number of hydrogen-bond acceptors (Lipinski definition) is 5. The van der Waals surface area contributed by atoms with Crippen LogP contribution in [0.3, 0.4) is 0 Å². The first-order chi connectivity index (χ1) is 10.7. The fourth-order valence-corrected chi connectivity index (χ4v) is 2.24. The van der Waals surface area contributed by atoms with E-state index in [1.165, 1.54) is 9.48 Å². The van der Waals surface area contributed by atoms with Gasteiger partial charge in [0, 0.05) is 11.1 Å². The van der Waals surface area contributed by atoms with Gasteiger partial charge < -0.3 is 15.0 Å². The normalized spacial score (nSPS) is 11.1. The SMILES string of the molecule is Nc1cn(Oc2cccc(Cl)c2)n2nc(-c3ccco3)nc12. The number of rotatable bonds is 3. The second-order valence-electron chi connectivity index (χ2n) is 4.56. The number of benzene rings is 1. The molecule has 0 atom stereocenters. The number of nitrogens with zero attached hydrogens (tertiary/aromatic N) is 4. The number of halogens is 1. The van der Waals surface area contributed by atoms with Crippen LogP contribution in [0, 0.1) is 0 Å². The van der Waals surface area contributed by atoms with Crippen molar-refractivity contribution in [3.8, 4) is 17.3 Å². The van der Waals surface area contributed by atoms with E-state index < -0.39 is 0 Å². The second kappa shape index (κ2) is 4.81. The molecule has 3 aromatic heterocycles. The Morgan fingerprint density at radius 2 is 2.14 bits per heavy atom. The summed E-state index contributed by atoms with van der Waals surface area (Å²) in [5, 5.41) is 4.90. The molecule has 2 N–H and O–H groups in total. The van der Waals surface area contributed by atoms with E-state index in [2.05, 4.69) is 10.1 Å². The lowest BCUT2D eigenvalue weighted by atomic mass is 10.3. The molecule has 0 bridgehead atoms. The van der Waals surface area contributed by atoms with E-state index in [0.29, 0.717) is 33.7 Å². The molecule has 22 heavy (non-hydrogen) atoms. The fourth-order valence-electron chi connectivity index (χ4n) is 2.06. The number of aromatic nitrogens is 4. The van der Waals surface area contributed by atoms with Crippen LogP contribution in [-0.4, -0.2) is 19.6 Å². The highest BCUT2D eigenvalue weighted by atomic mass is 35.5. The summed E-state index contributed by atoms with van der Waals surface area (Å²) >= 11 is 5.95. The van der Waals surface area contributed by atoms with Crippen molar-refractivity contribution in [2.75, 3.05) is 5.73 Å². The maximum absolute atomic E-state index is 5.95. The third-order valence-electron chi connectivity index (χ3n) is 3.02. The highest BCUT2D eigenvalue weighted by Crippen LogP contribution is 2.22. The van der Waals surface area contributed by atoms with Gasteiger partial charge in [-0.3, -0.25) is 0 Å². The molecule has 3 heterocycles. The molecule has 0 aliphatic heterocycles. The van der Waals surface area contributed by atoms with E-state index in [-0.39, 0.29) is 0 Å². The molecule has 0 fully saturated rings. The number of fused-ring (bicyclic) bond motifs is 1. The Hall–Kier alpha value is -2.93. The summed E-state index contributed by atoms with van der Waals surface area (Å²) in [6.07, 6.45) is 3.14. The fraction of sp³-hybridized carbons (Fsp3) is 0. The summed E-state index contributed by atoms with van der Waals surface area (Å²) in [6, 6.07) is 10.6. The van der Waals surface area contributed by atoms with E-state index in [1.807, 2.05) is 0 Å². The first-order valence-electron chi connectivity index (χ1n) is 6.42. The van der Waals surface area contributed by atoms with Crippen molar-refractivity contribution in [2.45, 2.75) is 0 Å². The molecule has 0 aliphatic carbocycles. The van der Waals surface area contributed by atoms with Gasteiger partial charge in [-0.2, -0.15) is 0 Å². The minimum Gasteiger partial charge on any atom is -0.461 e. The lowest BCUT2D eigenvalue weighted by molar-refractivity contribution is 0.157. The van der Waals surface area contributed by atoms with Crippen LogP contribution in [0.4, 0.5) is 5.69 Å². The van der Waals surface area contributed by atoms with Gasteiger partial charge in [-0.05, 0) is 24.3 Å². The quantitative estimate of drug-likeness (QED) is 0.628. The minimum atomic E-state index is 0.427. The van der Waals surface area contributed by atoms with Crippen LogP contribution in [0.5, 0.6) is 5.75 Å². The molecule has 1 aromatic carbocycles. The van der Waals surface area contributed by atoms with Gasteiger partial charge in [-0.1, -0.05) is 22.5 Å². The van der Waals surface area contributed by atoms with Crippen LogP contribution in [0.2, 0.25) is 5.02 Å². The molecule has 0 saturated heterocycles. The number of anilines is 1. The highest BCUT2D eigenvalue weighted by molar-refractivity contribution is 6.30. The van der Waals surface area contributed by atoms with Crippen molar-refractivity contribution >= 4 is 22.9 Å². The zero-order valence-corrected chi connectivity index (χ0v) is 11.9. The lowest BCUT2D eigenvalue weighted by Gasteiger charge is -2.05. The first-order valence-corrected chi connectivity index (χ1v) is 6.80. The standard InChI is InChI=1S/C14H10ClN5O2/c15-9-3-1-4-10(7-9)22-19-8-11(16)14-17-13(18-20(14)19)12-5-2-6-21-12/h1-8H,16H2. The predicted molar refractivity (Wildman–Crippen MR) is 80.6 cm³/mol. The summed E-state index contributed by atoms with van der Waals surface area (Å²) in [6.45, 7) is 0. The lowest BCUT2D eigenvalue weighted by Crippen LogP contribution is -2.11. The summed E-state index contributed by atoms with van der Waals surface area (Å²) in [4.78, 5) is 11.4. The second-order valence-corrected chi connectivity index (χ2v) is 5.00. The van der Waals surface area contributed by atoms with Gasteiger partial charge in [0.15, 0.2) is 11.5 Å². The molecule has 4 rings (SSSR count). The maximum atomic E-state index is 5.95. The summed E-state index contributed by atoms with van der Waals surface area (Å²) in [5.74, 6) is 1.53. The molecule has 7 nitrogen and oxygen atoms in total. The molecule has 8 heteroatoms. The van der Waals surface area contributed by atoms with Gasteiger partial charge in [0.05, 0.1) is 12.5 Å². The van der Waals surface area contributed by atoms with Crippen molar-refractivity contribution < 1.29 is 9.25 Å². The Labute approximate surface area is 129 Å². The molecule has 0 amide bonds. The maximum Gasteiger partial charge on any atom is 0.219 e. The van der Waals surface area contributed by atoms with E-state index in [9.17, 15) is 0 Å². The summed E-state index contributed by atoms with van der Waals surface area (Å²) in [5.41, 5.74) is 6.86. The molecule has 0 radical (unpaired) electrons. The monoisotopic (exact) mass is 315 g/mol. The zero-order valence-electron chi connectivity index (χ0n) is 11.2. The van der Waals surface area contributed by atoms with Crippen LogP contribution < -0.4 is 10.6 Å². The molecular weight excluding hydrogens is 306 g/mol. The highest BCUT2D eigenvalue weighted by Gasteiger charge is 2.15. The van der Waals surface area contributed by atoms with Crippen LogP contribution in [0.25, 0.3) is 17.2 Å². The number of nitrogen functional groups attached to an aromatic ring is 1. The first kappa shape index (κ1) is 12.8. The third kappa shape index (κ3) is 2.08. The molecule has 0 aliphatic rings. The molecule has 110 valence electrons. The van der Waals surface area contributed by atoms with Crippen LogP contribution in [0.1, 0.15) is 0 Å². The van der Waals surface area contributed by atoms with Crippen LogP contribution in [0.15, 0.2) is 53.3 Å². The van der Waals surface area contributed by atoms with Gasteiger partial charge in [-0.25, -0.2) is 4.98 Å². The molecular formula is C14H10ClN5O2. The molecule has 4 aromatic rings. The average Bonchev–Trinajstić information content (AvgIpc) is 3.19. The van der Waals surface area contributed by atoms with Crippen molar-refractivity contribution in [1.82, 2.24) is 19.6 Å². The number of furan rings is 1. The average molecular weight is 316 g/mol. The largest absolute Gasteiger partial charge is 0.461 e. The van der Waals surface area contributed by atoms with Crippen molar-refractivity contribution in [1.29, 1.82) is 0 Å². The van der Waals surface area contributed by atoms with Gasteiger partial charge >= 0.3 is 0 Å². The number of hydrogen-bond donors (Lipinski definition) is 1. The van der Waals surface area contributed by atoms with Crippen molar-refractivity contribution in [2.24, 2.45) is 0 Å². The van der Waals surface area contributed by atoms with Crippen molar-refractivity contribution in [3.05, 3.63) is 53.9 Å². The Morgan fingerprint density at radius 1 is 1.23 bits per heavy atom. The van der Waals surface area contributed by atoms with Crippen molar-refractivity contribution in [3.63, 3.8) is 0 Å². The zero-order chi connectivity index (χ0) is 15.1. The summed E-state index contributed by atoms with van der Waals surface area (Å²) in [7, 11) is 0. The molecule has 0 spiro atoms. The topological polar surface area (TPSA) is 83.5 Å². The smallest absolute Gasteiger partial charge is 0.219 e. The van der Waals surface area contributed by atoms with Gasteiger partial charge in [0.1, 0.15) is 5.69 Å². The van der Waals surface area contributed by atoms with E-state index in [1.54, 1.807) is 48.9 Å². The van der Waals surface area contributed by atoms with E-state index >= 15 is 0 Å². The molecule has 0 unspecified atom stereocenters. The minimum absolute atomic E-state index is 0.427. The van der Waals surface area contributed by atoms with Gasteiger partial charge in [0.25, 0.3) is 0 Å². The van der Waals surface area contributed by atoms with E-state index in [0.717, 1.165) is 0 Å². The van der Waals surface area contributed by atoms with Crippen LogP contribution in [-0.2, 0) is 0 Å². The molecule has 0 saturated carbocycles. The van der Waals surface area contributed by atoms with Gasteiger partial charge in [0.2, 0.25) is 11.5 Å². The van der Waals surface area contributed by atoms with Crippen LogP contribution >= 0.6 is 11.6 Å². The summed E-state index contributed by atoms with van der Waals surface area (Å²) < 4.78 is 6.74. The Bertz CT molecular complexity index is 942. The van der Waals surface area contributed by atoms with Gasteiger partial charge in [-0.15, -0.1) is 9.73 Å². The third-order valence-corrected chi connectivity index (χ3v) is 3.26.